The molecule has 1 aromatic heterocycles. The van der Waals surface area contributed by atoms with Gasteiger partial charge in [-0.2, -0.15) is 0 Å². The number of hydrogen-bond donors (Lipinski definition) is 0. The van der Waals surface area contributed by atoms with Gasteiger partial charge in [-0.3, -0.25) is 4.90 Å². The second-order valence-electron chi connectivity index (χ2n) is 11.6. The standard InChI is InChI=1S/C34H34N2O3/c1-4-17-36-18-16-33-29-23-14-15-27(38-21-22-10-6-5-7-11-22)31(29)39-32(33)30-25(20-34(33,37-3)28(36)19-23)24-12-8-9-13-26(24)35(30)2/h4-15,28,32H,1,16-21H2,2-3H3/t28-,32+,33+,34-/m1/s1. The number of nitrogens with zero attached hydrogens (tertiary/aromatic N) is 2. The van der Waals surface area contributed by atoms with Crippen molar-refractivity contribution in [3.8, 4) is 11.5 Å². The van der Waals surface area contributed by atoms with E-state index in [1.165, 1.54) is 33.3 Å². The number of benzene rings is 3. The van der Waals surface area contributed by atoms with Gasteiger partial charge in [0.15, 0.2) is 17.6 Å². The molecule has 0 unspecified atom stereocenters. The van der Waals surface area contributed by atoms with Crippen molar-refractivity contribution in [1.82, 2.24) is 9.47 Å². The van der Waals surface area contributed by atoms with Crippen LogP contribution in [0.4, 0.5) is 0 Å². The number of aromatic nitrogens is 1. The van der Waals surface area contributed by atoms with Crippen LogP contribution < -0.4 is 9.47 Å². The minimum Gasteiger partial charge on any atom is -0.485 e. The molecule has 1 fully saturated rings. The second-order valence-corrected chi connectivity index (χ2v) is 11.6. The van der Waals surface area contributed by atoms with Crippen LogP contribution in [0.15, 0.2) is 79.4 Å². The molecule has 3 aromatic carbocycles. The Labute approximate surface area is 229 Å². The molecular formula is C34H34N2O3. The predicted molar refractivity (Wildman–Crippen MR) is 153 cm³/mol. The molecule has 4 aromatic rings. The van der Waals surface area contributed by atoms with Gasteiger partial charge in [0, 0.05) is 56.2 Å². The highest BCUT2D eigenvalue weighted by molar-refractivity contribution is 5.87. The van der Waals surface area contributed by atoms with Gasteiger partial charge >= 0.3 is 0 Å². The topological polar surface area (TPSA) is 35.9 Å². The van der Waals surface area contributed by atoms with Gasteiger partial charge in [-0.05, 0) is 41.7 Å². The molecule has 5 nitrogen and oxygen atoms in total. The van der Waals surface area contributed by atoms with Crippen molar-refractivity contribution in [3.05, 3.63) is 107 Å². The van der Waals surface area contributed by atoms with E-state index in [4.69, 9.17) is 14.2 Å². The Kier molecular flexibility index (Phi) is 4.93. The fourth-order valence-electron chi connectivity index (χ4n) is 8.66. The third kappa shape index (κ3) is 2.82. The summed E-state index contributed by atoms with van der Waals surface area (Å²) < 4.78 is 22.9. The molecule has 0 radical (unpaired) electrons. The second kappa shape index (κ2) is 8.23. The van der Waals surface area contributed by atoms with E-state index in [9.17, 15) is 0 Å². The summed E-state index contributed by atoms with van der Waals surface area (Å²) in [7, 11) is 4.13. The SMILES string of the molecule is C=CCN1CC[C@]23c4c5ccc(OCc6ccccc6)c4O[C@H]2c2c(c4ccccc4n2C)C[C@@]3(OC)[C@H]1C5. The van der Waals surface area contributed by atoms with Crippen LogP contribution in [-0.2, 0) is 36.6 Å². The van der Waals surface area contributed by atoms with Gasteiger partial charge < -0.3 is 18.8 Å². The van der Waals surface area contributed by atoms with Crippen molar-refractivity contribution in [2.24, 2.45) is 7.05 Å². The number of methoxy groups -OCH3 is 1. The van der Waals surface area contributed by atoms with Crippen LogP contribution in [0.3, 0.4) is 0 Å². The maximum atomic E-state index is 7.19. The molecule has 0 N–H and O–H groups in total. The number of hydrogen-bond acceptors (Lipinski definition) is 4. The van der Waals surface area contributed by atoms with Crippen LogP contribution in [0.2, 0.25) is 0 Å². The average Bonchev–Trinajstić information content (AvgIpc) is 3.46. The molecule has 1 saturated heterocycles. The summed E-state index contributed by atoms with van der Waals surface area (Å²) in [6.07, 6.45) is 4.67. The van der Waals surface area contributed by atoms with Crippen molar-refractivity contribution >= 4 is 10.9 Å². The molecule has 4 atom stereocenters. The van der Waals surface area contributed by atoms with Crippen molar-refractivity contribution in [2.75, 3.05) is 20.2 Å². The minimum atomic E-state index is -0.410. The molecule has 5 heteroatoms. The summed E-state index contributed by atoms with van der Waals surface area (Å²) in [5, 5.41) is 1.31. The molecule has 2 aliphatic carbocycles. The molecule has 4 aliphatic rings. The monoisotopic (exact) mass is 518 g/mol. The molecule has 1 spiro atoms. The molecule has 2 aliphatic heterocycles. The summed E-state index contributed by atoms with van der Waals surface area (Å²) >= 11 is 0. The fourth-order valence-corrected chi connectivity index (χ4v) is 8.66. The highest BCUT2D eigenvalue weighted by atomic mass is 16.5. The van der Waals surface area contributed by atoms with Crippen molar-refractivity contribution < 1.29 is 14.2 Å². The van der Waals surface area contributed by atoms with Gasteiger partial charge in [-0.15, -0.1) is 6.58 Å². The molecular weight excluding hydrogens is 484 g/mol. The molecule has 39 heavy (non-hydrogen) atoms. The lowest BCUT2D eigenvalue weighted by atomic mass is 9.48. The summed E-state index contributed by atoms with van der Waals surface area (Å²) in [5.74, 6) is 1.75. The smallest absolute Gasteiger partial charge is 0.166 e. The van der Waals surface area contributed by atoms with Crippen LogP contribution in [0.25, 0.3) is 10.9 Å². The predicted octanol–water partition coefficient (Wildman–Crippen LogP) is 5.89. The number of fused-ring (bicyclic) bond motifs is 4. The van der Waals surface area contributed by atoms with Crippen LogP contribution >= 0.6 is 0 Å². The fraction of sp³-hybridized carbons (Fsp3) is 0.353. The number of rotatable bonds is 6. The Morgan fingerprint density at radius 2 is 1.90 bits per heavy atom. The largest absolute Gasteiger partial charge is 0.485 e. The summed E-state index contributed by atoms with van der Waals surface area (Å²) in [6, 6.07) is 23.8. The molecule has 2 bridgehead atoms. The van der Waals surface area contributed by atoms with Crippen molar-refractivity contribution in [3.63, 3.8) is 0 Å². The van der Waals surface area contributed by atoms with Gasteiger partial charge in [0.2, 0.25) is 0 Å². The van der Waals surface area contributed by atoms with E-state index in [-0.39, 0.29) is 17.6 Å². The van der Waals surface area contributed by atoms with E-state index in [2.05, 4.69) is 83.8 Å². The number of aryl methyl sites for hydroxylation is 1. The highest BCUT2D eigenvalue weighted by Crippen LogP contribution is 2.70. The lowest BCUT2D eigenvalue weighted by molar-refractivity contribution is -0.188. The van der Waals surface area contributed by atoms with Crippen molar-refractivity contribution in [1.29, 1.82) is 0 Å². The van der Waals surface area contributed by atoms with Gasteiger partial charge in [0.1, 0.15) is 12.2 Å². The summed E-state index contributed by atoms with van der Waals surface area (Å²) in [5.41, 5.74) is 7.05. The van der Waals surface area contributed by atoms with E-state index in [1.807, 2.05) is 19.3 Å². The zero-order chi connectivity index (χ0) is 26.4. The molecule has 198 valence electrons. The minimum absolute atomic E-state index is 0.137. The third-order valence-corrected chi connectivity index (χ3v) is 10.2. The zero-order valence-electron chi connectivity index (χ0n) is 22.7. The first-order valence-corrected chi connectivity index (χ1v) is 14.1. The Hall–Kier alpha value is -3.54. The van der Waals surface area contributed by atoms with Crippen molar-refractivity contribution in [2.45, 2.75) is 49.0 Å². The normalized spacial score (nSPS) is 28.1. The lowest BCUT2D eigenvalue weighted by Gasteiger charge is -2.64. The van der Waals surface area contributed by atoms with Crippen LogP contribution in [0.5, 0.6) is 11.5 Å². The Bertz CT molecular complexity index is 1620. The Balaban J connectivity index is 1.37. The first-order chi connectivity index (χ1) is 19.1. The first kappa shape index (κ1) is 23.4. The zero-order valence-corrected chi connectivity index (χ0v) is 22.7. The third-order valence-electron chi connectivity index (χ3n) is 10.2. The Morgan fingerprint density at radius 3 is 2.72 bits per heavy atom. The highest BCUT2D eigenvalue weighted by Gasteiger charge is 2.73. The van der Waals surface area contributed by atoms with Crippen LogP contribution in [-0.4, -0.2) is 41.3 Å². The maximum absolute atomic E-state index is 7.19. The maximum Gasteiger partial charge on any atom is 0.166 e. The number of para-hydroxylation sites is 1. The number of ether oxygens (including phenoxy) is 3. The van der Waals surface area contributed by atoms with Gasteiger partial charge in [0.25, 0.3) is 0 Å². The van der Waals surface area contributed by atoms with Gasteiger partial charge in [-0.1, -0.05) is 60.7 Å². The number of piperidine rings is 1. The molecule has 0 amide bonds. The molecule has 8 rings (SSSR count). The van der Waals surface area contributed by atoms with Gasteiger partial charge in [-0.25, -0.2) is 0 Å². The quantitative estimate of drug-likeness (QED) is 0.299. The summed E-state index contributed by atoms with van der Waals surface area (Å²) in [4.78, 5) is 2.59. The average molecular weight is 519 g/mol. The van der Waals surface area contributed by atoms with E-state index >= 15 is 0 Å². The van der Waals surface area contributed by atoms with Crippen LogP contribution in [0.1, 0.15) is 40.5 Å². The van der Waals surface area contributed by atoms with E-state index in [1.54, 1.807) is 0 Å². The van der Waals surface area contributed by atoms with E-state index in [0.717, 1.165) is 49.4 Å². The van der Waals surface area contributed by atoms with E-state index in [0.29, 0.717) is 6.61 Å². The number of likely N-dealkylation sites (tertiary alicyclic amines) is 1. The first-order valence-electron chi connectivity index (χ1n) is 14.1. The van der Waals surface area contributed by atoms with E-state index < -0.39 is 5.60 Å². The lowest BCUT2D eigenvalue weighted by Crippen LogP contribution is -2.75. The summed E-state index contributed by atoms with van der Waals surface area (Å²) in [6.45, 7) is 6.46. The van der Waals surface area contributed by atoms with Gasteiger partial charge in [0.05, 0.1) is 11.1 Å². The molecule has 0 saturated carbocycles. The Morgan fingerprint density at radius 1 is 1.08 bits per heavy atom. The molecule has 3 heterocycles. The van der Waals surface area contributed by atoms with Crippen LogP contribution in [0, 0.1) is 0 Å².